The number of nitriles is 1. The minimum absolute atomic E-state index is 0.342. The summed E-state index contributed by atoms with van der Waals surface area (Å²) in [5.74, 6) is -0.917. The second-order valence-electron chi connectivity index (χ2n) is 6.92. The molecule has 0 aliphatic heterocycles. The minimum atomic E-state index is -0.928. The Labute approximate surface area is 155 Å². The summed E-state index contributed by atoms with van der Waals surface area (Å²) in [7, 11) is 1.63. The van der Waals surface area contributed by atoms with E-state index >= 15 is 0 Å². The molecule has 0 aromatic heterocycles. The van der Waals surface area contributed by atoms with Gasteiger partial charge in [-0.2, -0.15) is 5.26 Å². The number of benzene rings is 1. The van der Waals surface area contributed by atoms with Crippen LogP contribution in [0.4, 0.5) is 0 Å². The molecule has 0 radical (unpaired) electrons. The Morgan fingerprint density at radius 1 is 1.23 bits per heavy atom. The van der Waals surface area contributed by atoms with E-state index in [0.717, 1.165) is 30.4 Å². The molecule has 1 aliphatic rings. The van der Waals surface area contributed by atoms with E-state index in [1.54, 1.807) is 20.0 Å². The molecule has 138 valence electrons. The minimum Gasteiger partial charge on any atom is -0.449 e. The molecule has 1 saturated carbocycles. The number of hydrogen-bond donors (Lipinski definition) is 0. The van der Waals surface area contributed by atoms with E-state index in [1.165, 1.54) is 11.0 Å². The van der Waals surface area contributed by atoms with E-state index in [4.69, 9.17) is 4.74 Å². The number of likely N-dealkylation sites (N-methyl/N-ethyl adjacent to an activating group) is 1. The van der Waals surface area contributed by atoms with Gasteiger partial charge in [0.15, 0.2) is 6.10 Å². The molecule has 0 spiro atoms. The Bertz CT molecular complexity index is 710. The number of rotatable bonds is 5. The van der Waals surface area contributed by atoms with Gasteiger partial charge in [-0.15, -0.1) is 0 Å². The zero-order chi connectivity index (χ0) is 19.2. The highest BCUT2D eigenvalue weighted by atomic mass is 16.5. The molecule has 1 amide bonds. The summed E-state index contributed by atoms with van der Waals surface area (Å²) in [5.41, 5.74) is 1.24. The summed E-state index contributed by atoms with van der Waals surface area (Å²) in [4.78, 5) is 26.1. The molecule has 26 heavy (non-hydrogen) atoms. The highest BCUT2D eigenvalue weighted by molar-refractivity contribution is 5.90. The summed E-state index contributed by atoms with van der Waals surface area (Å²) < 4.78 is 5.23. The Balaban J connectivity index is 1.96. The fourth-order valence-corrected chi connectivity index (χ4v) is 3.25. The lowest BCUT2D eigenvalue weighted by Gasteiger charge is -2.39. The highest BCUT2D eigenvalue weighted by Gasteiger charge is 2.40. The third kappa shape index (κ3) is 4.72. The van der Waals surface area contributed by atoms with Crippen molar-refractivity contribution in [3.05, 3.63) is 41.5 Å². The van der Waals surface area contributed by atoms with Gasteiger partial charge in [-0.1, -0.05) is 49.1 Å². The fourth-order valence-electron chi connectivity index (χ4n) is 3.25. The van der Waals surface area contributed by atoms with Crippen LogP contribution in [0.3, 0.4) is 0 Å². The predicted octanol–water partition coefficient (Wildman–Crippen LogP) is 3.62. The third-order valence-electron chi connectivity index (χ3n) is 4.99. The van der Waals surface area contributed by atoms with Gasteiger partial charge in [-0.05, 0) is 38.3 Å². The Hall–Kier alpha value is -2.61. The van der Waals surface area contributed by atoms with Crippen LogP contribution in [-0.2, 0) is 14.3 Å². The number of hydrogen-bond acceptors (Lipinski definition) is 4. The third-order valence-corrected chi connectivity index (χ3v) is 4.99. The molecule has 0 N–H and O–H groups in total. The Morgan fingerprint density at radius 2 is 1.85 bits per heavy atom. The van der Waals surface area contributed by atoms with Gasteiger partial charge in [0.05, 0.1) is 6.07 Å². The van der Waals surface area contributed by atoms with Crippen LogP contribution in [0.5, 0.6) is 0 Å². The summed E-state index contributed by atoms with van der Waals surface area (Å²) in [6, 6.07) is 10.0. The first-order valence-corrected chi connectivity index (χ1v) is 9.02. The number of carbonyl (C=O) groups is 2. The topological polar surface area (TPSA) is 70.4 Å². The van der Waals surface area contributed by atoms with E-state index in [9.17, 15) is 14.9 Å². The van der Waals surface area contributed by atoms with Crippen molar-refractivity contribution in [2.45, 2.75) is 57.6 Å². The normalized spacial score (nSPS) is 17.3. The average molecular weight is 354 g/mol. The van der Waals surface area contributed by atoms with Gasteiger partial charge in [0.2, 0.25) is 0 Å². The molecular weight excluding hydrogens is 328 g/mol. The molecule has 1 aliphatic carbocycles. The van der Waals surface area contributed by atoms with Gasteiger partial charge in [-0.3, -0.25) is 4.79 Å². The van der Waals surface area contributed by atoms with E-state index in [-0.39, 0.29) is 5.91 Å². The van der Waals surface area contributed by atoms with Crippen molar-refractivity contribution in [1.29, 1.82) is 5.26 Å². The smallest absolute Gasteiger partial charge is 0.331 e. The molecule has 1 fully saturated rings. The zero-order valence-electron chi connectivity index (χ0n) is 15.7. The summed E-state index contributed by atoms with van der Waals surface area (Å²) in [6.07, 6.45) is 6.31. The largest absolute Gasteiger partial charge is 0.449 e. The number of esters is 1. The van der Waals surface area contributed by atoms with Crippen molar-refractivity contribution < 1.29 is 14.3 Å². The molecule has 1 aromatic rings. The first-order valence-electron chi connectivity index (χ1n) is 9.02. The lowest BCUT2D eigenvalue weighted by Crippen LogP contribution is -2.53. The number of amides is 1. The van der Waals surface area contributed by atoms with Crippen molar-refractivity contribution in [3.8, 4) is 6.07 Å². The summed E-state index contributed by atoms with van der Waals surface area (Å²) in [5, 5.41) is 9.59. The van der Waals surface area contributed by atoms with E-state index in [2.05, 4.69) is 6.07 Å². The van der Waals surface area contributed by atoms with Gasteiger partial charge in [0.25, 0.3) is 5.91 Å². The maximum Gasteiger partial charge on any atom is 0.331 e. The highest BCUT2D eigenvalue weighted by Crippen LogP contribution is 2.32. The summed E-state index contributed by atoms with van der Waals surface area (Å²) >= 11 is 0. The van der Waals surface area contributed by atoms with Crippen molar-refractivity contribution in [2.24, 2.45) is 0 Å². The lowest BCUT2D eigenvalue weighted by atomic mass is 9.81. The number of nitrogens with zero attached hydrogens (tertiary/aromatic N) is 2. The molecule has 1 atom stereocenters. The molecule has 2 rings (SSSR count). The summed E-state index contributed by atoms with van der Waals surface area (Å²) in [6.45, 7) is 3.54. The van der Waals surface area contributed by atoms with E-state index in [1.807, 2.05) is 31.2 Å². The molecule has 0 unspecified atom stereocenters. The molecule has 5 nitrogen and oxygen atoms in total. The molecule has 5 heteroatoms. The van der Waals surface area contributed by atoms with Crippen LogP contribution in [0.1, 0.15) is 50.2 Å². The van der Waals surface area contributed by atoms with Crippen LogP contribution in [0.2, 0.25) is 0 Å². The molecule has 0 saturated heterocycles. The predicted molar refractivity (Wildman–Crippen MR) is 100.0 cm³/mol. The Morgan fingerprint density at radius 3 is 2.42 bits per heavy atom. The maximum atomic E-state index is 12.6. The van der Waals surface area contributed by atoms with Gasteiger partial charge in [0, 0.05) is 13.1 Å². The zero-order valence-corrected chi connectivity index (χ0v) is 15.7. The van der Waals surface area contributed by atoms with Crippen molar-refractivity contribution in [3.63, 3.8) is 0 Å². The quantitative estimate of drug-likeness (QED) is 0.598. The standard InChI is InChI=1S/C21H26N2O3/c1-16-7-9-18(10-8-16)11-12-19(24)26-17(2)20(25)23(3)21(15-22)13-5-4-6-14-21/h7-12,17H,4-6,13-14H2,1-3H3/b12-11+/t17-/m0/s1. The molecule has 0 bridgehead atoms. The first-order chi connectivity index (χ1) is 12.4. The van der Waals surface area contributed by atoms with Gasteiger partial charge in [0.1, 0.15) is 5.54 Å². The second-order valence-corrected chi connectivity index (χ2v) is 6.92. The van der Waals surface area contributed by atoms with Crippen LogP contribution < -0.4 is 0 Å². The van der Waals surface area contributed by atoms with Crippen LogP contribution in [-0.4, -0.2) is 35.5 Å². The van der Waals surface area contributed by atoms with Crippen LogP contribution >= 0.6 is 0 Å². The van der Waals surface area contributed by atoms with E-state index < -0.39 is 17.6 Å². The van der Waals surface area contributed by atoms with E-state index in [0.29, 0.717) is 12.8 Å². The fraction of sp³-hybridized carbons (Fsp3) is 0.476. The van der Waals surface area contributed by atoms with Crippen molar-refractivity contribution in [1.82, 2.24) is 4.90 Å². The van der Waals surface area contributed by atoms with Gasteiger partial charge in [-0.25, -0.2) is 4.79 Å². The number of carbonyl (C=O) groups excluding carboxylic acids is 2. The van der Waals surface area contributed by atoms with Crippen LogP contribution in [0.25, 0.3) is 6.08 Å². The number of aryl methyl sites for hydroxylation is 1. The van der Waals surface area contributed by atoms with Gasteiger partial charge < -0.3 is 9.64 Å². The molecule has 1 aromatic carbocycles. The van der Waals surface area contributed by atoms with Gasteiger partial charge >= 0.3 is 5.97 Å². The second kappa shape index (κ2) is 8.66. The lowest BCUT2D eigenvalue weighted by molar-refractivity contribution is -0.157. The van der Waals surface area contributed by atoms with Crippen molar-refractivity contribution in [2.75, 3.05) is 7.05 Å². The molecule has 0 heterocycles. The SMILES string of the molecule is Cc1ccc(/C=C/C(=O)O[C@@H](C)C(=O)N(C)C2(C#N)CCCCC2)cc1. The van der Waals surface area contributed by atoms with Crippen LogP contribution in [0.15, 0.2) is 30.3 Å². The average Bonchev–Trinajstić information content (AvgIpc) is 2.66. The molecular formula is C21H26N2O3. The van der Waals surface area contributed by atoms with Crippen molar-refractivity contribution >= 4 is 18.0 Å². The number of ether oxygens (including phenoxy) is 1. The first kappa shape index (κ1) is 19.7. The monoisotopic (exact) mass is 354 g/mol. The van der Waals surface area contributed by atoms with Crippen LogP contribution in [0, 0.1) is 18.3 Å². The Kier molecular flexibility index (Phi) is 6.57. The maximum absolute atomic E-state index is 12.6.